The number of methoxy groups -OCH3 is 1. The Morgan fingerprint density at radius 1 is 1.29 bits per heavy atom. The first-order valence-electron chi connectivity index (χ1n) is 5.53. The van der Waals surface area contributed by atoms with Gasteiger partial charge in [0.1, 0.15) is 5.75 Å². The van der Waals surface area contributed by atoms with Gasteiger partial charge in [0.25, 0.3) is 0 Å². The molecule has 2 heteroatoms. The number of ether oxygens (including phenoxy) is 1. The van der Waals surface area contributed by atoms with E-state index in [0.29, 0.717) is 0 Å². The molecule has 0 aliphatic heterocycles. The highest BCUT2D eigenvalue weighted by Gasteiger charge is 2.22. The van der Waals surface area contributed by atoms with Gasteiger partial charge in [0.05, 0.1) is 13.2 Å². The average molecular weight is 221 g/mol. The van der Waals surface area contributed by atoms with Crippen molar-refractivity contribution < 1.29 is 4.74 Å². The molecule has 0 radical (unpaired) electrons. The lowest BCUT2D eigenvalue weighted by atomic mass is 10.0. The maximum Gasteiger partial charge on any atom is 0.127 e. The minimum absolute atomic E-state index is 0.820. The van der Waals surface area contributed by atoms with E-state index in [0.717, 1.165) is 23.3 Å². The molecular formula is C15H11NO. The largest absolute Gasteiger partial charge is 0.496 e. The maximum absolute atomic E-state index is 8.86. The number of allylic oxidation sites excluding steroid dienone is 2. The monoisotopic (exact) mass is 221 g/mol. The summed E-state index contributed by atoms with van der Waals surface area (Å²) in [5.74, 6) is 0.851. The number of rotatable bonds is 1. The van der Waals surface area contributed by atoms with Crippen molar-refractivity contribution in [2.45, 2.75) is 6.42 Å². The van der Waals surface area contributed by atoms with Gasteiger partial charge in [0, 0.05) is 11.6 Å². The van der Waals surface area contributed by atoms with Gasteiger partial charge < -0.3 is 4.74 Å². The van der Waals surface area contributed by atoms with Crippen LogP contribution in [0.2, 0.25) is 0 Å². The quantitative estimate of drug-likeness (QED) is 0.692. The molecule has 0 atom stereocenters. The Balaban J connectivity index is 2.43. The first-order valence-corrected chi connectivity index (χ1v) is 5.53. The molecule has 1 aliphatic carbocycles. The molecule has 2 aromatic carbocycles. The number of hydrogen-bond acceptors (Lipinski definition) is 2. The molecule has 17 heavy (non-hydrogen) atoms. The Morgan fingerprint density at radius 3 is 2.94 bits per heavy atom. The molecule has 2 aromatic rings. The van der Waals surface area contributed by atoms with Crippen LogP contribution in [-0.2, 0) is 6.42 Å². The fourth-order valence-electron chi connectivity index (χ4n) is 2.57. The van der Waals surface area contributed by atoms with E-state index >= 15 is 0 Å². The van der Waals surface area contributed by atoms with Gasteiger partial charge >= 0.3 is 0 Å². The van der Waals surface area contributed by atoms with Crippen LogP contribution < -0.4 is 4.74 Å². The second-order valence-electron chi connectivity index (χ2n) is 4.13. The molecule has 0 N–H and O–H groups in total. The smallest absolute Gasteiger partial charge is 0.127 e. The van der Waals surface area contributed by atoms with Crippen molar-refractivity contribution in [3.8, 4) is 11.8 Å². The third-order valence-corrected chi connectivity index (χ3v) is 3.25. The zero-order chi connectivity index (χ0) is 11.8. The molecule has 82 valence electrons. The summed E-state index contributed by atoms with van der Waals surface area (Å²) in [7, 11) is 1.67. The fourth-order valence-corrected chi connectivity index (χ4v) is 2.57. The van der Waals surface area contributed by atoms with E-state index < -0.39 is 0 Å². The third kappa shape index (κ3) is 1.33. The van der Waals surface area contributed by atoms with Crippen LogP contribution >= 0.6 is 0 Å². The minimum atomic E-state index is 0.820. The highest BCUT2D eigenvalue weighted by molar-refractivity contribution is 6.04. The Bertz CT molecular complexity index is 677. The topological polar surface area (TPSA) is 33.0 Å². The minimum Gasteiger partial charge on any atom is -0.496 e. The lowest BCUT2D eigenvalue weighted by Gasteiger charge is -2.08. The molecule has 0 aromatic heterocycles. The summed E-state index contributed by atoms with van der Waals surface area (Å²) in [5, 5.41) is 11.3. The number of nitriles is 1. The summed E-state index contributed by atoms with van der Waals surface area (Å²) < 4.78 is 5.40. The molecule has 0 heterocycles. The Labute approximate surface area is 99.7 Å². The fraction of sp³-hybridized carbons (Fsp3) is 0.133. The van der Waals surface area contributed by atoms with Gasteiger partial charge in [-0.3, -0.25) is 0 Å². The van der Waals surface area contributed by atoms with Crippen LogP contribution in [0.5, 0.6) is 5.75 Å². The molecule has 3 rings (SSSR count). The Hall–Kier alpha value is -2.27. The van der Waals surface area contributed by atoms with E-state index in [-0.39, 0.29) is 0 Å². The van der Waals surface area contributed by atoms with Crippen molar-refractivity contribution in [1.29, 1.82) is 5.26 Å². The zero-order valence-corrected chi connectivity index (χ0v) is 9.53. The van der Waals surface area contributed by atoms with Crippen molar-refractivity contribution in [2.75, 3.05) is 7.11 Å². The second-order valence-corrected chi connectivity index (χ2v) is 4.13. The van der Waals surface area contributed by atoms with E-state index in [1.807, 2.05) is 6.07 Å². The molecular weight excluding hydrogens is 210 g/mol. The van der Waals surface area contributed by atoms with Crippen molar-refractivity contribution in [3.63, 3.8) is 0 Å². The summed E-state index contributed by atoms with van der Waals surface area (Å²) in [6.07, 6.45) is 2.44. The number of nitrogens with zero attached hydrogens (tertiary/aromatic N) is 1. The highest BCUT2D eigenvalue weighted by atomic mass is 16.5. The molecule has 1 aliphatic rings. The van der Waals surface area contributed by atoms with Crippen LogP contribution in [0.1, 0.15) is 11.1 Å². The molecule has 0 saturated heterocycles. The van der Waals surface area contributed by atoms with Crippen LogP contribution in [0, 0.1) is 11.3 Å². The second kappa shape index (κ2) is 3.64. The molecule has 0 bridgehead atoms. The number of benzene rings is 2. The summed E-state index contributed by atoms with van der Waals surface area (Å²) in [5.41, 5.74) is 3.41. The van der Waals surface area contributed by atoms with Crippen molar-refractivity contribution >= 4 is 16.3 Å². The van der Waals surface area contributed by atoms with E-state index in [1.165, 1.54) is 16.3 Å². The molecule has 0 fully saturated rings. The summed E-state index contributed by atoms with van der Waals surface area (Å²) in [6, 6.07) is 12.4. The maximum atomic E-state index is 8.86. The highest BCUT2D eigenvalue weighted by Crippen LogP contribution is 2.42. The van der Waals surface area contributed by atoms with E-state index in [4.69, 9.17) is 10.00 Å². The normalized spacial score (nSPS) is 15.2. The lowest BCUT2D eigenvalue weighted by molar-refractivity contribution is 0.414. The molecule has 0 saturated carbocycles. The van der Waals surface area contributed by atoms with Gasteiger partial charge in [-0.2, -0.15) is 5.26 Å². The van der Waals surface area contributed by atoms with Crippen molar-refractivity contribution in [1.82, 2.24) is 0 Å². The molecule has 0 amide bonds. The first kappa shape index (κ1) is 9.92. The van der Waals surface area contributed by atoms with E-state index in [2.05, 4.69) is 30.3 Å². The van der Waals surface area contributed by atoms with Gasteiger partial charge in [0.15, 0.2) is 0 Å². The Morgan fingerprint density at radius 2 is 2.18 bits per heavy atom. The van der Waals surface area contributed by atoms with Gasteiger partial charge in [-0.25, -0.2) is 0 Å². The number of hydrogen-bond donors (Lipinski definition) is 0. The van der Waals surface area contributed by atoms with Gasteiger partial charge in [-0.05, 0) is 34.4 Å². The first-order chi connectivity index (χ1) is 8.35. The average Bonchev–Trinajstić information content (AvgIpc) is 2.72. The SMILES string of the molecule is COc1ccc2cccc3c2c1/C(=C/C#N)C3. The predicted octanol–water partition coefficient (Wildman–Crippen LogP) is 3.31. The van der Waals surface area contributed by atoms with Gasteiger partial charge in [-0.15, -0.1) is 0 Å². The van der Waals surface area contributed by atoms with Crippen LogP contribution in [0.3, 0.4) is 0 Å². The van der Waals surface area contributed by atoms with Crippen LogP contribution in [0.15, 0.2) is 36.4 Å². The summed E-state index contributed by atoms with van der Waals surface area (Å²) in [4.78, 5) is 0. The van der Waals surface area contributed by atoms with Crippen molar-refractivity contribution in [3.05, 3.63) is 47.5 Å². The van der Waals surface area contributed by atoms with Crippen molar-refractivity contribution in [2.24, 2.45) is 0 Å². The van der Waals surface area contributed by atoms with Gasteiger partial charge in [-0.1, -0.05) is 24.3 Å². The van der Waals surface area contributed by atoms with Crippen LogP contribution in [-0.4, -0.2) is 7.11 Å². The third-order valence-electron chi connectivity index (χ3n) is 3.25. The molecule has 0 unspecified atom stereocenters. The van der Waals surface area contributed by atoms with Gasteiger partial charge in [0.2, 0.25) is 0 Å². The standard InChI is InChI=1S/C15H11NO/c1-17-13-6-5-10-3-2-4-11-9-12(7-8-16)15(13)14(10)11/h2-7H,9H2,1H3/b12-7+. The predicted molar refractivity (Wildman–Crippen MR) is 67.8 cm³/mol. The lowest BCUT2D eigenvalue weighted by Crippen LogP contribution is -1.89. The summed E-state index contributed by atoms with van der Waals surface area (Å²) in [6.45, 7) is 0. The molecule has 0 spiro atoms. The van der Waals surface area contributed by atoms with Crippen LogP contribution in [0.4, 0.5) is 0 Å². The van der Waals surface area contributed by atoms with Crippen LogP contribution in [0.25, 0.3) is 16.3 Å². The van der Waals surface area contributed by atoms with E-state index in [9.17, 15) is 0 Å². The van der Waals surface area contributed by atoms with E-state index in [1.54, 1.807) is 13.2 Å². The summed E-state index contributed by atoms with van der Waals surface area (Å²) >= 11 is 0. The zero-order valence-electron chi connectivity index (χ0n) is 9.53. The molecule has 2 nitrogen and oxygen atoms in total. The Kier molecular flexibility index (Phi) is 2.12.